The lowest BCUT2D eigenvalue weighted by molar-refractivity contribution is 0.470. The van der Waals surface area contributed by atoms with Crippen LogP contribution in [0.25, 0.3) is 0 Å². The van der Waals surface area contributed by atoms with Gasteiger partial charge < -0.3 is 5.11 Å². The summed E-state index contributed by atoms with van der Waals surface area (Å²) in [5, 5.41) is 13.4. The van der Waals surface area contributed by atoms with Crippen molar-refractivity contribution in [2.24, 2.45) is 0 Å². The smallest absolute Gasteiger partial charge is 0.122 e. The van der Waals surface area contributed by atoms with Crippen LogP contribution < -0.4 is 10.6 Å². The van der Waals surface area contributed by atoms with Crippen LogP contribution in [0.3, 0.4) is 0 Å². The molecule has 0 radical (unpaired) electrons. The Morgan fingerprint density at radius 2 is 1.14 bits per heavy atom. The van der Waals surface area contributed by atoms with Crippen LogP contribution in [0.5, 0.6) is 5.75 Å². The Morgan fingerprint density at radius 3 is 1.72 bits per heavy atom. The van der Waals surface area contributed by atoms with E-state index in [1.54, 1.807) is 0 Å². The highest BCUT2D eigenvalue weighted by molar-refractivity contribution is 7.88. The first-order valence-electron chi connectivity index (χ1n) is 11.0. The van der Waals surface area contributed by atoms with Gasteiger partial charge >= 0.3 is 0 Å². The fourth-order valence-electron chi connectivity index (χ4n) is 4.19. The van der Waals surface area contributed by atoms with Crippen molar-refractivity contribution in [1.29, 1.82) is 0 Å². The van der Waals surface area contributed by atoms with E-state index in [1.807, 2.05) is 18.2 Å². The predicted octanol–water partition coefficient (Wildman–Crippen LogP) is 6.92. The Kier molecular flexibility index (Phi) is 8.32. The molecule has 0 unspecified atom stereocenters. The van der Waals surface area contributed by atoms with Gasteiger partial charge in [0.05, 0.1) is 30.2 Å². The molecular weight excluding hydrogens is 371 g/mol. The molecule has 3 aromatic carbocycles. The van der Waals surface area contributed by atoms with Gasteiger partial charge in [-0.2, -0.15) is 0 Å². The average molecular weight is 406 g/mol. The summed E-state index contributed by atoms with van der Waals surface area (Å²) in [5.41, 5.74) is 1.07. The number of rotatable bonds is 11. The van der Waals surface area contributed by atoms with Crippen molar-refractivity contribution in [3.05, 3.63) is 90.5 Å². The van der Waals surface area contributed by atoms with Crippen molar-refractivity contribution in [3.8, 4) is 5.75 Å². The van der Waals surface area contributed by atoms with E-state index >= 15 is 0 Å². The van der Waals surface area contributed by atoms with Crippen LogP contribution in [-0.2, 0) is 6.16 Å². The number of hydrogen-bond acceptors (Lipinski definition) is 1. The minimum absolute atomic E-state index is 0.423. The van der Waals surface area contributed by atoms with Crippen molar-refractivity contribution in [2.75, 3.05) is 6.16 Å². The van der Waals surface area contributed by atoms with Gasteiger partial charge in [-0.3, -0.25) is 0 Å². The summed E-state index contributed by atoms with van der Waals surface area (Å²) >= 11 is 0. The second-order valence-corrected chi connectivity index (χ2v) is 11.6. The molecule has 2 heteroatoms. The Bertz CT molecular complexity index is 805. The van der Waals surface area contributed by atoms with Crippen LogP contribution in [0.1, 0.15) is 51.0 Å². The van der Waals surface area contributed by atoms with E-state index in [4.69, 9.17) is 0 Å². The van der Waals surface area contributed by atoms with Crippen molar-refractivity contribution < 1.29 is 5.11 Å². The monoisotopic (exact) mass is 405 g/mol. The van der Waals surface area contributed by atoms with E-state index in [0.29, 0.717) is 5.75 Å². The van der Waals surface area contributed by atoms with Crippen molar-refractivity contribution in [1.82, 2.24) is 0 Å². The highest BCUT2D eigenvalue weighted by atomic mass is 31.2. The molecule has 1 N–H and O–H groups in total. The molecule has 0 aliphatic rings. The molecule has 0 atom stereocenters. The molecule has 0 fully saturated rings. The summed E-state index contributed by atoms with van der Waals surface area (Å²) in [4.78, 5) is 0. The number of para-hydroxylation sites is 1. The third-order valence-corrected chi connectivity index (χ3v) is 10.4. The molecule has 0 heterocycles. The summed E-state index contributed by atoms with van der Waals surface area (Å²) in [6, 6.07) is 30.0. The van der Waals surface area contributed by atoms with Gasteiger partial charge in [-0.25, -0.2) is 0 Å². The summed E-state index contributed by atoms with van der Waals surface area (Å²) in [6.45, 7) is 2.27. The molecular formula is C27H34OP+. The van der Waals surface area contributed by atoms with Gasteiger partial charge in [-0.15, -0.1) is 0 Å². The molecule has 0 spiro atoms. The van der Waals surface area contributed by atoms with Crippen LogP contribution in [0.2, 0.25) is 0 Å². The zero-order valence-corrected chi connectivity index (χ0v) is 18.5. The summed E-state index contributed by atoms with van der Waals surface area (Å²) < 4.78 is 0. The normalized spacial score (nSPS) is 11.5. The highest BCUT2D eigenvalue weighted by Crippen LogP contribution is 2.60. The highest BCUT2D eigenvalue weighted by Gasteiger charge is 2.42. The SMILES string of the molecule is CCCCCCCC[P+](Cc1ccccc1O)(c1ccccc1)c1ccccc1. The first-order valence-corrected chi connectivity index (χ1v) is 13.2. The zero-order chi connectivity index (χ0) is 20.4. The summed E-state index contributed by atoms with van der Waals surface area (Å²) in [7, 11) is -1.67. The lowest BCUT2D eigenvalue weighted by Crippen LogP contribution is -2.26. The fraction of sp³-hybridized carbons (Fsp3) is 0.333. The van der Waals surface area contributed by atoms with E-state index in [2.05, 4.69) is 73.7 Å². The van der Waals surface area contributed by atoms with Crippen molar-refractivity contribution >= 4 is 17.9 Å². The number of aromatic hydroxyl groups is 1. The summed E-state index contributed by atoms with van der Waals surface area (Å²) in [5.74, 6) is 0.423. The topological polar surface area (TPSA) is 20.2 Å². The standard InChI is InChI=1S/C27H33OP/c1-2-3-4-5-6-15-22-29(25-17-9-7-10-18-25,26-19-11-8-12-20-26)23-24-16-13-14-21-27(24)28/h7-14,16-21H,2-6,15,22-23H2,1H3/p+1. The van der Waals surface area contributed by atoms with Gasteiger partial charge in [0.25, 0.3) is 0 Å². The molecule has 0 bridgehead atoms. The third kappa shape index (κ3) is 5.71. The summed E-state index contributed by atoms with van der Waals surface area (Å²) in [6.07, 6.45) is 9.96. The maximum Gasteiger partial charge on any atom is 0.122 e. The van der Waals surface area contributed by atoms with E-state index in [-0.39, 0.29) is 0 Å². The third-order valence-electron chi connectivity index (χ3n) is 5.83. The number of phenolic OH excluding ortho intramolecular Hbond substituents is 1. The van der Waals surface area contributed by atoms with Crippen LogP contribution in [0.4, 0.5) is 0 Å². The van der Waals surface area contributed by atoms with Crippen LogP contribution in [-0.4, -0.2) is 11.3 Å². The molecule has 152 valence electrons. The quantitative estimate of drug-likeness (QED) is 0.271. The van der Waals surface area contributed by atoms with E-state index in [0.717, 1.165) is 11.7 Å². The van der Waals surface area contributed by atoms with Gasteiger partial charge in [-0.05, 0) is 43.2 Å². The second-order valence-electron chi connectivity index (χ2n) is 7.92. The molecule has 0 aliphatic carbocycles. The Labute approximate surface area is 177 Å². The van der Waals surface area contributed by atoms with Crippen LogP contribution >= 0.6 is 7.26 Å². The first kappa shape index (κ1) is 21.6. The molecule has 0 amide bonds. The number of benzene rings is 3. The molecule has 0 aliphatic heterocycles. The van der Waals surface area contributed by atoms with Gasteiger partial charge in [0, 0.05) is 5.56 Å². The Balaban J connectivity index is 1.96. The molecule has 0 saturated heterocycles. The maximum absolute atomic E-state index is 10.6. The lowest BCUT2D eigenvalue weighted by atomic mass is 10.1. The second kappa shape index (κ2) is 11.2. The first-order chi connectivity index (χ1) is 14.3. The number of phenols is 1. The van der Waals surface area contributed by atoms with Gasteiger partial charge in [0.1, 0.15) is 5.75 Å². The Hall–Kier alpha value is -2.11. The van der Waals surface area contributed by atoms with Gasteiger partial charge in [0.15, 0.2) is 0 Å². The minimum Gasteiger partial charge on any atom is -0.508 e. The molecule has 0 saturated carbocycles. The molecule has 29 heavy (non-hydrogen) atoms. The van der Waals surface area contributed by atoms with Crippen molar-refractivity contribution in [2.45, 2.75) is 51.6 Å². The Morgan fingerprint density at radius 1 is 0.621 bits per heavy atom. The van der Waals surface area contributed by atoms with E-state index in [9.17, 15) is 5.11 Å². The molecule has 3 rings (SSSR count). The molecule has 1 nitrogen and oxygen atoms in total. The average Bonchev–Trinajstić information content (AvgIpc) is 2.78. The maximum atomic E-state index is 10.6. The van der Waals surface area contributed by atoms with Crippen LogP contribution in [0.15, 0.2) is 84.9 Å². The molecule has 3 aromatic rings. The van der Waals surface area contributed by atoms with Crippen molar-refractivity contribution in [3.63, 3.8) is 0 Å². The predicted molar refractivity (Wildman–Crippen MR) is 129 cm³/mol. The number of hydrogen-bond donors (Lipinski definition) is 1. The fourth-order valence-corrected chi connectivity index (χ4v) is 8.63. The largest absolute Gasteiger partial charge is 0.508 e. The zero-order valence-electron chi connectivity index (χ0n) is 17.6. The lowest BCUT2D eigenvalue weighted by Gasteiger charge is -2.28. The van der Waals surface area contributed by atoms with Crippen LogP contribution in [0, 0.1) is 0 Å². The number of unbranched alkanes of at least 4 members (excludes halogenated alkanes) is 5. The molecule has 0 aromatic heterocycles. The minimum atomic E-state index is -1.67. The van der Waals surface area contributed by atoms with Gasteiger partial charge in [-0.1, -0.05) is 87.2 Å². The van der Waals surface area contributed by atoms with E-state index < -0.39 is 7.26 Å². The van der Waals surface area contributed by atoms with Gasteiger partial charge in [0.2, 0.25) is 0 Å². The van der Waals surface area contributed by atoms with E-state index in [1.165, 1.54) is 55.3 Å².